The van der Waals surface area contributed by atoms with Crippen molar-refractivity contribution in [1.82, 2.24) is 0 Å². The second kappa shape index (κ2) is 7.05. The van der Waals surface area contributed by atoms with Crippen LogP contribution in [0.1, 0.15) is 13.8 Å². The fraction of sp³-hybridized carbons (Fsp3) is 0.600. The Balaban J connectivity index is 5.19. The maximum Gasteiger partial charge on any atom is 0.347 e. The lowest BCUT2D eigenvalue weighted by atomic mass is 10.3. The second-order valence-electron chi connectivity index (χ2n) is 3.27. The predicted molar refractivity (Wildman–Crippen MR) is 63.8 cm³/mol. The van der Waals surface area contributed by atoms with Crippen molar-refractivity contribution >= 4 is 21.7 Å². The predicted octanol–water partition coefficient (Wildman–Crippen LogP) is 0.724. The highest BCUT2D eigenvalue weighted by atomic mass is 32.2. The van der Waals surface area contributed by atoms with Crippen LogP contribution in [0.25, 0.3) is 0 Å². The first kappa shape index (κ1) is 15.6. The van der Waals surface area contributed by atoms with E-state index in [4.69, 9.17) is 0 Å². The monoisotopic (exact) mass is 263 g/mol. The van der Waals surface area contributed by atoms with Crippen molar-refractivity contribution in [3.05, 3.63) is 11.8 Å². The maximum atomic E-state index is 11.4. The van der Waals surface area contributed by atoms with Crippen molar-refractivity contribution in [3.63, 3.8) is 0 Å². The zero-order valence-electron chi connectivity index (χ0n) is 10.4. The van der Waals surface area contributed by atoms with Crippen LogP contribution in [0.4, 0.5) is 0 Å². The minimum absolute atomic E-state index is 0.128. The normalized spacial score (nSPS) is 10.4. The first-order valence-electron chi connectivity index (χ1n) is 5.02. The molecule has 0 fully saturated rings. The van der Waals surface area contributed by atoms with Crippen LogP contribution < -0.4 is 0 Å². The Bertz CT molecular complexity index is 404. The summed E-state index contributed by atoms with van der Waals surface area (Å²) in [5.41, 5.74) is -0.356. The third-order valence-electron chi connectivity index (χ3n) is 1.43. The van der Waals surface area contributed by atoms with Gasteiger partial charge in [0.15, 0.2) is 5.57 Å². The van der Waals surface area contributed by atoms with E-state index in [1.54, 1.807) is 13.8 Å². The van der Waals surface area contributed by atoms with E-state index in [1.165, 1.54) is 12.5 Å². The number of rotatable bonds is 5. The molecule has 0 unspecified atom stereocenters. The molecule has 0 rings (SSSR count). The zero-order valence-corrected chi connectivity index (χ0v) is 11.2. The molecule has 0 aromatic carbocycles. The number of carbonyl (C=O) groups is 2. The summed E-state index contributed by atoms with van der Waals surface area (Å²) in [7, 11) is -2.43. The molecule has 0 aliphatic carbocycles. The zero-order chi connectivity index (χ0) is 13.5. The number of hydrogen-bond donors (Lipinski definition) is 0. The van der Waals surface area contributed by atoms with E-state index in [0.29, 0.717) is 0 Å². The molecule has 0 heterocycles. The number of nitrogens with zero attached hydrogens (tertiary/aromatic N) is 1. The number of esters is 2. The van der Waals surface area contributed by atoms with Crippen molar-refractivity contribution in [3.8, 4) is 0 Å². The van der Waals surface area contributed by atoms with Gasteiger partial charge < -0.3 is 9.47 Å². The molecule has 0 aliphatic heterocycles. The van der Waals surface area contributed by atoms with Gasteiger partial charge in [0.1, 0.15) is 0 Å². The summed E-state index contributed by atoms with van der Waals surface area (Å²) in [5, 5.41) is 0. The SMILES string of the molecule is CCOC(=O)C(=CN=S(C)(C)=O)C(=O)OCC. The van der Waals surface area contributed by atoms with E-state index in [0.717, 1.165) is 6.20 Å². The van der Waals surface area contributed by atoms with Crippen LogP contribution in [0.15, 0.2) is 16.1 Å². The summed E-state index contributed by atoms with van der Waals surface area (Å²) >= 11 is 0. The van der Waals surface area contributed by atoms with Gasteiger partial charge in [0.25, 0.3) is 0 Å². The van der Waals surface area contributed by atoms with Crippen LogP contribution in [-0.4, -0.2) is 41.9 Å². The highest BCUT2D eigenvalue weighted by molar-refractivity contribution is 7.92. The standard InChI is InChI=1S/C10H17NO5S/c1-5-15-9(12)8(10(13)16-6-2)7-11-17(3,4)14/h7H,5-6H2,1-4H3. The van der Waals surface area contributed by atoms with Gasteiger partial charge in [-0.2, -0.15) is 0 Å². The quantitative estimate of drug-likeness (QED) is 0.316. The molecule has 0 saturated carbocycles. The molecule has 17 heavy (non-hydrogen) atoms. The molecule has 0 atom stereocenters. The second-order valence-corrected chi connectivity index (χ2v) is 5.84. The van der Waals surface area contributed by atoms with Gasteiger partial charge >= 0.3 is 11.9 Å². The van der Waals surface area contributed by atoms with Crippen LogP contribution >= 0.6 is 0 Å². The van der Waals surface area contributed by atoms with E-state index in [9.17, 15) is 13.8 Å². The fourth-order valence-corrected chi connectivity index (χ4v) is 1.15. The molecular formula is C10H17NO5S. The topological polar surface area (TPSA) is 82.0 Å². The maximum absolute atomic E-state index is 11.4. The molecule has 0 radical (unpaired) electrons. The fourth-order valence-electron chi connectivity index (χ4n) is 0.786. The highest BCUT2D eigenvalue weighted by Crippen LogP contribution is 2.04. The van der Waals surface area contributed by atoms with E-state index in [2.05, 4.69) is 13.8 Å². The van der Waals surface area contributed by atoms with Crippen molar-refractivity contribution in [2.45, 2.75) is 13.8 Å². The molecule has 0 aromatic rings. The molecule has 0 spiro atoms. The molecule has 0 amide bonds. The van der Waals surface area contributed by atoms with Crippen LogP contribution in [0.3, 0.4) is 0 Å². The number of ether oxygens (including phenoxy) is 2. The van der Waals surface area contributed by atoms with Crippen molar-refractivity contribution in [2.24, 2.45) is 4.36 Å². The van der Waals surface area contributed by atoms with Gasteiger partial charge in [0, 0.05) is 22.2 Å². The lowest BCUT2D eigenvalue weighted by Gasteiger charge is -2.05. The molecule has 6 nitrogen and oxygen atoms in total. The molecule has 0 aromatic heterocycles. The molecule has 0 saturated heterocycles. The lowest BCUT2D eigenvalue weighted by Crippen LogP contribution is -2.18. The molecule has 98 valence electrons. The van der Waals surface area contributed by atoms with Crippen molar-refractivity contribution < 1.29 is 23.3 Å². The first-order chi connectivity index (χ1) is 7.81. The third kappa shape index (κ3) is 6.72. The van der Waals surface area contributed by atoms with Gasteiger partial charge in [0.2, 0.25) is 0 Å². The summed E-state index contributed by atoms with van der Waals surface area (Å²) in [6.45, 7) is 3.48. The summed E-state index contributed by atoms with van der Waals surface area (Å²) in [5.74, 6) is -1.67. The Morgan fingerprint density at radius 2 is 1.53 bits per heavy atom. The van der Waals surface area contributed by atoms with Gasteiger partial charge in [0.05, 0.1) is 19.4 Å². The number of hydrogen-bond acceptors (Lipinski definition) is 6. The van der Waals surface area contributed by atoms with Gasteiger partial charge in [-0.05, 0) is 13.8 Å². The highest BCUT2D eigenvalue weighted by Gasteiger charge is 2.20. The lowest BCUT2D eigenvalue weighted by molar-refractivity contribution is -0.146. The Morgan fingerprint density at radius 1 is 1.12 bits per heavy atom. The van der Waals surface area contributed by atoms with Crippen LogP contribution in [-0.2, 0) is 28.8 Å². The van der Waals surface area contributed by atoms with Gasteiger partial charge in [-0.15, -0.1) is 0 Å². The van der Waals surface area contributed by atoms with Crippen LogP contribution in [0, 0.1) is 0 Å². The smallest absolute Gasteiger partial charge is 0.347 e. The van der Waals surface area contributed by atoms with E-state index >= 15 is 0 Å². The summed E-state index contributed by atoms with van der Waals surface area (Å²) in [6, 6.07) is 0. The van der Waals surface area contributed by atoms with Gasteiger partial charge in [-0.25, -0.2) is 18.2 Å². The minimum Gasteiger partial charge on any atom is -0.462 e. The molecule has 0 N–H and O–H groups in total. The molecule has 0 bridgehead atoms. The first-order valence-corrected chi connectivity index (χ1v) is 7.35. The summed E-state index contributed by atoms with van der Waals surface area (Å²) in [6.07, 6.45) is 3.72. The largest absolute Gasteiger partial charge is 0.462 e. The van der Waals surface area contributed by atoms with E-state index in [1.807, 2.05) is 0 Å². The Hall–Kier alpha value is -1.37. The van der Waals surface area contributed by atoms with Crippen LogP contribution in [0.2, 0.25) is 0 Å². The van der Waals surface area contributed by atoms with E-state index < -0.39 is 21.7 Å². The average Bonchev–Trinajstić information content (AvgIpc) is 2.16. The van der Waals surface area contributed by atoms with Gasteiger partial charge in [-0.1, -0.05) is 0 Å². The number of carbonyl (C=O) groups excluding carboxylic acids is 2. The third-order valence-corrected chi connectivity index (χ3v) is 2.04. The Morgan fingerprint density at radius 3 is 1.82 bits per heavy atom. The van der Waals surface area contributed by atoms with Crippen LogP contribution in [0.5, 0.6) is 0 Å². The summed E-state index contributed by atoms with van der Waals surface area (Å²) in [4.78, 5) is 22.9. The summed E-state index contributed by atoms with van der Waals surface area (Å²) < 4.78 is 24.3. The van der Waals surface area contributed by atoms with Gasteiger partial charge in [-0.3, -0.25) is 0 Å². The Labute approximate surface area is 101 Å². The molecular weight excluding hydrogens is 246 g/mol. The minimum atomic E-state index is -2.43. The van der Waals surface area contributed by atoms with Crippen molar-refractivity contribution in [2.75, 3.05) is 25.7 Å². The van der Waals surface area contributed by atoms with E-state index in [-0.39, 0.29) is 18.8 Å². The average molecular weight is 263 g/mol. The molecule has 7 heteroatoms. The molecule has 0 aliphatic rings. The Kier molecular flexibility index (Phi) is 6.48. The van der Waals surface area contributed by atoms with Crippen molar-refractivity contribution in [1.29, 1.82) is 0 Å².